The number of thiazole rings is 1. The molecule has 2 aromatic carbocycles. The number of nitrogens with zero attached hydrogens (tertiary/aromatic N) is 2. The van der Waals surface area contributed by atoms with Gasteiger partial charge >= 0.3 is 0 Å². The Morgan fingerprint density at radius 2 is 2.16 bits per heavy atom. The van der Waals surface area contributed by atoms with E-state index in [1.807, 2.05) is 24.4 Å². The van der Waals surface area contributed by atoms with E-state index in [1.165, 1.54) is 25.0 Å². The highest BCUT2D eigenvalue weighted by atomic mass is 32.2. The number of amides is 1. The molecule has 2 N–H and O–H groups in total. The molecule has 0 bridgehead atoms. The molecular formula is C27H31FN4O4S2. The molecule has 2 aliphatic heterocycles. The second-order valence-electron chi connectivity index (χ2n) is 9.63. The van der Waals surface area contributed by atoms with Gasteiger partial charge in [-0.25, -0.2) is 17.8 Å². The second-order valence-corrected chi connectivity index (χ2v) is 12.6. The Balaban J connectivity index is 1.36. The Bertz CT molecular complexity index is 1450. The summed E-state index contributed by atoms with van der Waals surface area (Å²) in [5.41, 5.74) is 2.10. The minimum Gasteiger partial charge on any atom is -0.491 e. The molecule has 3 aromatic rings. The SMILES string of the molecule is CCc1c(C(=O)N2CCOc3ccc(-c4cnc(NCC5CCCN5)s4)cc3C2)ccc(S(C)(=O)=O)c1F. The van der Waals surface area contributed by atoms with Gasteiger partial charge in [0.05, 0.1) is 11.4 Å². The van der Waals surface area contributed by atoms with Crippen molar-refractivity contribution in [2.24, 2.45) is 0 Å². The molecule has 5 rings (SSSR count). The third-order valence-corrected chi connectivity index (χ3v) is 9.09. The van der Waals surface area contributed by atoms with Gasteiger partial charge in [-0.05, 0) is 61.7 Å². The van der Waals surface area contributed by atoms with Gasteiger partial charge in [-0.1, -0.05) is 18.3 Å². The highest BCUT2D eigenvalue weighted by Crippen LogP contribution is 2.34. The van der Waals surface area contributed by atoms with Gasteiger partial charge in [0.25, 0.3) is 5.91 Å². The van der Waals surface area contributed by atoms with E-state index in [1.54, 1.807) is 23.2 Å². The smallest absolute Gasteiger partial charge is 0.254 e. The van der Waals surface area contributed by atoms with Crippen molar-refractivity contribution < 1.29 is 22.3 Å². The highest BCUT2D eigenvalue weighted by Gasteiger charge is 2.27. The van der Waals surface area contributed by atoms with Crippen LogP contribution in [0.5, 0.6) is 5.75 Å². The van der Waals surface area contributed by atoms with E-state index in [2.05, 4.69) is 15.6 Å². The van der Waals surface area contributed by atoms with E-state index in [4.69, 9.17) is 4.74 Å². The van der Waals surface area contributed by atoms with E-state index in [0.29, 0.717) is 24.9 Å². The quantitative estimate of drug-likeness (QED) is 0.450. The van der Waals surface area contributed by atoms with Crippen LogP contribution in [0.15, 0.2) is 41.4 Å². The molecule has 1 fully saturated rings. The maximum absolute atomic E-state index is 15.1. The predicted octanol–water partition coefficient (Wildman–Crippen LogP) is 4.11. The van der Waals surface area contributed by atoms with Crippen LogP contribution in [0.1, 0.15) is 41.3 Å². The van der Waals surface area contributed by atoms with Gasteiger partial charge in [0.15, 0.2) is 15.0 Å². The number of carbonyl (C=O) groups is 1. The Kier molecular flexibility index (Phi) is 7.69. The van der Waals surface area contributed by atoms with Crippen LogP contribution in [0, 0.1) is 5.82 Å². The van der Waals surface area contributed by atoms with Gasteiger partial charge < -0.3 is 20.3 Å². The molecule has 11 heteroatoms. The van der Waals surface area contributed by atoms with E-state index in [9.17, 15) is 13.2 Å². The molecule has 2 aliphatic rings. The van der Waals surface area contributed by atoms with Crippen molar-refractivity contribution in [3.63, 3.8) is 0 Å². The lowest BCUT2D eigenvalue weighted by molar-refractivity contribution is 0.0731. The number of carbonyl (C=O) groups excluding carboxylic acids is 1. The number of ether oxygens (including phenoxy) is 1. The van der Waals surface area contributed by atoms with Crippen LogP contribution in [-0.4, -0.2) is 62.7 Å². The Morgan fingerprint density at radius 1 is 1.32 bits per heavy atom. The van der Waals surface area contributed by atoms with Crippen LogP contribution >= 0.6 is 11.3 Å². The second kappa shape index (κ2) is 11.0. The van der Waals surface area contributed by atoms with Crippen LogP contribution in [0.25, 0.3) is 10.4 Å². The van der Waals surface area contributed by atoms with Crippen LogP contribution in [0.2, 0.25) is 0 Å². The number of hydrogen-bond acceptors (Lipinski definition) is 8. The molecule has 38 heavy (non-hydrogen) atoms. The van der Waals surface area contributed by atoms with Crippen molar-refractivity contribution in [1.29, 1.82) is 0 Å². The van der Waals surface area contributed by atoms with Crippen molar-refractivity contribution in [3.8, 4) is 16.2 Å². The standard InChI is InChI=1S/C27H31FN4O4S2/c1-3-20-21(7-9-24(25(20)28)38(2,34)35)26(33)32-11-12-36-22-8-6-17(13-18(22)16-32)23-15-31-27(37-23)30-14-19-5-4-10-29-19/h6-9,13,15,19,29H,3-5,10-12,14,16H2,1-2H3,(H,30,31). The summed E-state index contributed by atoms with van der Waals surface area (Å²) in [6.07, 6.45) is 5.37. The number of halogens is 1. The van der Waals surface area contributed by atoms with E-state index in [-0.39, 0.29) is 30.0 Å². The number of fused-ring (bicyclic) bond motifs is 1. The molecule has 3 heterocycles. The van der Waals surface area contributed by atoms with Gasteiger partial charge in [0.2, 0.25) is 0 Å². The van der Waals surface area contributed by atoms with Gasteiger partial charge in [-0.2, -0.15) is 0 Å². The third kappa shape index (κ3) is 5.55. The third-order valence-electron chi connectivity index (χ3n) is 6.97. The van der Waals surface area contributed by atoms with Crippen LogP contribution in [-0.2, 0) is 22.8 Å². The summed E-state index contributed by atoms with van der Waals surface area (Å²) >= 11 is 1.58. The van der Waals surface area contributed by atoms with Crippen LogP contribution in [0.3, 0.4) is 0 Å². The first kappa shape index (κ1) is 26.6. The molecule has 202 valence electrons. The molecule has 1 amide bonds. The van der Waals surface area contributed by atoms with Crippen LogP contribution < -0.4 is 15.4 Å². The average molecular weight is 559 g/mol. The number of anilines is 1. The zero-order valence-corrected chi connectivity index (χ0v) is 23.1. The predicted molar refractivity (Wildman–Crippen MR) is 146 cm³/mol. The average Bonchev–Trinajstić information content (AvgIpc) is 3.54. The Labute approximate surface area is 226 Å². The zero-order chi connectivity index (χ0) is 26.9. The lowest BCUT2D eigenvalue weighted by Crippen LogP contribution is -2.33. The molecule has 1 aromatic heterocycles. The number of aromatic nitrogens is 1. The normalized spacial score (nSPS) is 17.6. The Hall–Kier alpha value is -3.02. The lowest BCUT2D eigenvalue weighted by Gasteiger charge is -2.22. The van der Waals surface area contributed by atoms with Crippen LogP contribution in [0.4, 0.5) is 9.52 Å². The van der Waals surface area contributed by atoms with Crippen molar-refractivity contribution in [3.05, 3.63) is 59.0 Å². The molecule has 1 unspecified atom stereocenters. The van der Waals surface area contributed by atoms with Gasteiger partial charge in [0, 0.05) is 48.3 Å². The van der Waals surface area contributed by atoms with Gasteiger partial charge in [0.1, 0.15) is 23.1 Å². The number of hydrogen-bond donors (Lipinski definition) is 2. The van der Waals surface area contributed by atoms with Gasteiger partial charge in [-0.3, -0.25) is 4.79 Å². The first-order valence-electron chi connectivity index (χ1n) is 12.7. The minimum atomic E-state index is -3.75. The molecule has 1 atom stereocenters. The fourth-order valence-electron chi connectivity index (χ4n) is 4.95. The fourth-order valence-corrected chi connectivity index (χ4v) is 6.54. The largest absolute Gasteiger partial charge is 0.491 e. The molecule has 8 nitrogen and oxygen atoms in total. The summed E-state index contributed by atoms with van der Waals surface area (Å²) in [5, 5.41) is 7.75. The van der Waals surface area contributed by atoms with E-state index < -0.39 is 20.5 Å². The topological polar surface area (TPSA) is 101 Å². The molecule has 1 saturated heterocycles. The van der Waals surface area contributed by atoms with Crippen molar-refractivity contribution in [1.82, 2.24) is 15.2 Å². The molecule has 0 radical (unpaired) electrons. The highest BCUT2D eigenvalue weighted by molar-refractivity contribution is 7.90. The zero-order valence-electron chi connectivity index (χ0n) is 21.4. The lowest BCUT2D eigenvalue weighted by atomic mass is 10.0. The van der Waals surface area contributed by atoms with E-state index >= 15 is 4.39 Å². The summed E-state index contributed by atoms with van der Waals surface area (Å²) in [6.45, 7) is 4.52. The minimum absolute atomic E-state index is 0.106. The molecular weight excluding hydrogens is 527 g/mol. The number of sulfone groups is 1. The van der Waals surface area contributed by atoms with Crippen molar-refractivity contribution in [2.45, 2.75) is 43.7 Å². The monoisotopic (exact) mass is 558 g/mol. The maximum atomic E-state index is 15.1. The summed E-state index contributed by atoms with van der Waals surface area (Å²) in [4.78, 5) is 20.3. The van der Waals surface area contributed by atoms with Gasteiger partial charge in [-0.15, -0.1) is 0 Å². The number of nitrogens with one attached hydrogen (secondary N) is 2. The summed E-state index contributed by atoms with van der Waals surface area (Å²) in [6, 6.07) is 8.96. The molecule has 0 aliphatic carbocycles. The number of rotatable bonds is 7. The number of benzene rings is 2. The molecule has 0 saturated carbocycles. The first-order chi connectivity index (χ1) is 18.2. The van der Waals surface area contributed by atoms with Crippen molar-refractivity contribution >= 4 is 32.2 Å². The van der Waals surface area contributed by atoms with Crippen molar-refractivity contribution in [2.75, 3.05) is 37.8 Å². The Morgan fingerprint density at radius 3 is 2.89 bits per heavy atom. The van der Waals surface area contributed by atoms with E-state index in [0.717, 1.165) is 40.5 Å². The fraction of sp³-hybridized carbons (Fsp3) is 0.407. The first-order valence-corrected chi connectivity index (χ1v) is 15.4. The summed E-state index contributed by atoms with van der Waals surface area (Å²) in [7, 11) is -3.75. The summed E-state index contributed by atoms with van der Waals surface area (Å²) < 4.78 is 44.9. The molecule has 0 spiro atoms. The maximum Gasteiger partial charge on any atom is 0.254 e. The summed E-state index contributed by atoms with van der Waals surface area (Å²) in [5.74, 6) is -0.506.